The molecule has 1 aromatic carbocycles. The number of aryl methyl sites for hydroxylation is 1. The Morgan fingerprint density at radius 2 is 1.97 bits per heavy atom. The van der Waals surface area contributed by atoms with Crippen molar-refractivity contribution in [1.29, 1.82) is 0 Å². The summed E-state index contributed by atoms with van der Waals surface area (Å²) >= 11 is 0. The quantitative estimate of drug-likeness (QED) is 0.573. The molecular weight excluding hydrogens is 457 g/mol. The van der Waals surface area contributed by atoms with Crippen LogP contribution in [0, 0.1) is 30.5 Å². The van der Waals surface area contributed by atoms with Crippen LogP contribution in [-0.4, -0.2) is 66.6 Å². The minimum Gasteiger partial charge on any atom is -0.369 e. The molecule has 1 amide bonds. The lowest BCUT2D eigenvalue weighted by Gasteiger charge is -2.39. The Labute approximate surface area is 212 Å². The van der Waals surface area contributed by atoms with E-state index in [2.05, 4.69) is 63.3 Å². The number of halogens is 1. The van der Waals surface area contributed by atoms with Gasteiger partial charge in [0.1, 0.15) is 0 Å². The van der Waals surface area contributed by atoms with Crippen molar-refractivity contribution in [3.63, 3.8) is 0 Å². The number of anilines is 4. The second-order valence-electron chi connectivity index (χ2n) is 10.3. The van der Waals surface area contributed by atoms with Crippen LogP contribution in [0.25, 0.3) is 0 Å². The molecule has 3 N–H and O–H groups in total. The van der Waals surface area contributed by atoms with Crippen LogP contribution in [0.5, 0.6) is 0 Å². The number of piperazine rings is 1. The predicted molar refractivity (Wildman–Crippen MR) is 141 cm³/mol. The van der Waals surface area contributed by atoms with Crippen LogP contribution in [0.15, 0.2) is 36.5 Å². The molecule has 2 aliphatic carbocycles. The van der Waals surface area contributed by atoms with E-state index in [1.54, 1.807) is 0 Å². The van der Waals surface area contributed by atoms with Crippen LogP contribution in [0.2, 0.25) is 0 Å². The molecule has 8 nitrogen and oxygen atoms in total. The number of fused-ring (bicyclic) bond motifs is 2. The van der Waals surface area contributed by atoms with Gasteiger partial charge in [-0.05, 0) is 62.4 Å². The van der Waals surface area contributed by atoms with Gasteiger partial charge in [0.25, 0.3) is 0 Å². The lowest BCUT2D eigenvalue weighted by atomic mass is 9.86. The molecule has 1 saturated heterocycles. The molecule has 3 aliphatic rings. The maximum absolute atomic E-state index is 15.3. The van der Waals surface area contributed by atoms with Crippen molar-refractivity contribution in [1.82, 2.24) is 20.2 Å². The summed E-state index contributed by atoms with van der Waals surface area (Å²) in [5.41, 5.74) is 9.02. The van der Waals surface area contributed by atoms with Gasteiger partial charge >= 0.3 is 0 Å². The molecule has 0 radical (unpaired) electrons. The van der Waals surface area contributed by atoms with Crippen molar-refractivity contribution in [2.45, 2.75) is 32.7 Å². The highest BCUT2D eigenvalue weighted by molar-refractivity contribution is 5.83. The predicted octanol–water partition coefficient (Wildman–Crippen LogP) is 3.11. The number of hydrogen-bond donors (Lipinski definition) is 2. The summed E-state index contributed by atoms with van der Waals surface area (Å²) in [6.45, 7) is 8.72. The molecule has 1 aliphatic heterocycles. The maximum Gasteiger partial charge on any atom is 0.225 e. The van der Waals surface area contributed by atoms with Gasteiger partial charge in [0, 0.05) is 44.1 Å². The summed E-state index contributed by atoms with van der Waals surface area (Å²) in [4.78, 5) is 28.1. The molecule has 0 spiro atoms. The first-order valence-electron chi connectivity index (χ1n) is 12.9. The molecule has 1 saturated carbocycles. The first kappa shape index (κ1) is 24.5. The van der Waals surface area contributed by atoms with Crippen LogP contribution < -0.4 is 20.9 Å². The van der Waals surface area contributed by atoms with Crippen LogP contribution in [0.3, 0.4) is 0 Å². The maximum atomic E-state index is 15.3. The Kier molecular flexibility index (Phi) is 6.83. The molecule has 192 valence electrons. The van der Waals surface area contributed by atoms with Crippen LogP contribution >= 0.6 is 0 Å². The Bertz CT molecular complexity index is 1150. The number of benzene rings is 1. The standard InChI is InChI=1S/C27H36FN7O/c1-4-9-30-26(36)23-18-5-6-19(15-18)24(23)35(25-21(28)16-31-27(29)32-25)20-7-8-22(17(2)14-20)34-12-10-33(3)11-13-34/h5-8,14,16,18-19,23-24H,4,9-13,15H2,1-3H3,(H,30,36)(H2,29,31,32). The zero-order valence-electron chi connectivity index (χ0n) is 21.3. The molecule has 9 heteroatoms. The number of amides is 1. The number of rotatable bonds is 7. The van der Waals surface area contributed by atoms with E-state index in [1.165, 1.54) is 5.69 Å². The number of allylic oxidation sites excluding steroid dienone is 1. The number of carbonyl (C=O) groups is 1. The van der Waals surface area contributed by atoms with E-state index in [-0.39, 0.29) is 41.5 Å². The number of nitrogens with zero attached hydrogens (tertiary/aromatic N) is 5. The Morgan fingerprint density at radius 3 is 2.69 bits per heavy atom. The minimum atomic E-state index is -0.551. The first-order valence-corrected chi connectivity index (χ1v) is 12.9. The summed E-state index contributed by atoms with van der Waals surface area (Å²) in [6, 6.07) is 5.95. The van der Waals surface area contributed by atoms with Gasteiger partial charge in [-0.1, -0.05) is 19.1 Å². The smallest absolute Gasteiger partial charge is 0.225 e. The van der Waals surface area contributed by atoms with E-state index < -0.39 is 5.82 Å². The summed E-state index contributed by atoms with van der Waals surface area (Å²) in [6.07, 6.45) is 7.15. The number of nitrogen functional groups attached to an aromatic ring is 1. The fourth-order valence-electron chi connectivity index (χ4n) is 6.03. The van der Waals surface area contributed by atoms with Gasteiger partial charge in [-0.2, -0.15) is 4.98 Å². The average molecular weight is 494 g/mol. The first-order chi connectivity index (χ1) is 17.4. The van der Waals surface area contributed by atoms with Gasteiger partial charge in [0.2, 0.25) is 11.9 Å². The molecule has 1 aromatic heterocycles. The van der Waals surface area contributed by atoms with Gasteiger partial charge < -0.3 is 25.8 Å². The number of carbonyl (C=O) groups excluding carboxylic acids is 1. The van der Waals surface area contributed by atoms with Crippen molar-refractivity contribution in [3.8, 4) is 0 Å². The molecule has 4 atom stereocenters. The van der Waals surface area contributed by atoms with Crippen LogP contribution in [-0.2, 0) is 4.79 Å². The molecule has 2 fully saturated rings. The summed E-state index contributed by atoms with van der Waals surface area (Å²) < 4.78 is 15.3. The Balaban J connectivity index is 1.56. The third kappa shape index (κ3) is 4.52. The minimum absolute atomic E-state index is 0.00728. The molecule has 36 heavy (non-hydrogen) atoms. The van der Waals surface area contributed by atoms with Crippen molar-refractivity contribution in [2.24, 2.45) is 17.8 Å². The van der Waals surface area contributed by atoms with Crippen LogP contribution in [0.1, 0.15) is 25.3 Å². The molecule has 2 heterocycles. The summed E-state index contributed by atoms with van der Waals surface area (Å²) in [5.74, 6) is -0.490. The van der Waals surface area contributed by atoms with Gasteiger partial charge in [0.05, 0.1) is 18.2 Å². The van der Waals surface area contributed by atoms with Gasteiger partial charge in [-0.25, -0.2) is 9.37 Å². The van der Waals surface area contributed by atoms with E-state index in [4.69, 9.17) is 5.73 Å². The normalized spacial score (nSPS) is 25.4. The number of nitrogens with one attached hydrogen (secondary N) is 1. The highest BCUT2D eigenvalue weighted by Gasteiger charge is 2.51. The monoisotopic (exact) mass is 493 g/mol. The lowest BCUT2D eigenvalue weighted by Crippen LogP contribution is -2.48. The van der Waals surface area contributed by atoms with E-state index in [9.17, 15) is 4.79 Å². The van der Waals surface area contributed by atoms with Crippen molar-refractivity contribution >= 4 is 29.0 Å². The zero-order valence-corrected chi connectivity index (χ0v) is 21.3. The summed E-state index contributed by atoms with van der Waals surface area (Å²) in [5, 5.41) is 3.08. The summed E-state index contributed by atoms with van der Waals surface area (Å²) in [7, 11) is 2.14. The SMILES string of the molecule is CCCNC(=O)C1C2C=CC(C2)C1N(c1ccc(N2CCN(C)CC2)c(C)c1)c1nc(N)ncc1F. The molecule has 4 unspecified atom stereocenters. The van der Waals surface area contributed by atoms with E-state index in [1.807, 2.05) is 17.9 Å². The van der Waals surface area contributed by atoms with Crippen molar-refractivity contribution in [2.75, 3.05) is 55.3 Å². The Hall–Kier alpha value is -3.20. The van der Waals surface area contributed by atoms with E-state index in [0.29, 0.717) is 6.54 Å². The Morgan fingerprint density at radius 1 is 1.22 bits per heavy atom. The molecule has 2 bridgehead atoms. The fraction of sp³-hybridized carbons (Fsp3) is 0.519. The number of aromatic nitrogens is 2. The van der Waals surface area contributed by atoms with Crippen LogP contribution in [0.4, 0.5) is 27.5 Å². The highest BCUT2D eigenvalue weighted by Crippen LogP contribution is 2.49. The molecule has 2 aromatic rings. The topological polar surface area (TPSA) is 90.6 Å². The largest absolute Gasteiger partial charge is 0.369 e. The van der Waals surface area contributed by atoms with Crippen molar-refractivity contribution < 1.29 is 9.18 Å². The fourth-order valence-corrected chi connectivity index (χ4v) is 6.03. The van der Waals surface area contributed by atoms with Gasteiger partial charge in [0.15, 0.2) is 11.6 Å². The third-order valence-electron chi connectivity index (χ3n) is 7.84. The molecular formula is C27H36FN7O. The van der Waals surface area contributed by atoms with E-state index in [0.717, 1.165) is 56.5 Å². The zero-order chi connectivity index (χ0) is 25.4. The van der Waals surface area contributed by atoms with Crippen molar-refractivity contribution in [3.05, 3.63) is 47.9 Å². The number of nitrogens with two attached hydrogens (primary N) is 1. The lowest BCUT2D eigenvalue weighted by molar-refractivity contribution is -0.126. The van der Waals surface area contributed by atoms with Gasteiger partial charge in [-0.3, -0.25) is 4.79 Å². The van der Waals surface area contributed by atoms with Gasteiger partial charge in [-0.15, -0.1) is 0 Å². The number of likely N-dealkylation sites (N-methyl/N-ethyl adjacent to an activating group) is 1. The third-order valence-corrected chi connectivity index (χ3v) is 7.84. The van der Waals surface area contributed by atoms with E-state index >= 15 is 4.39 Å². The second kappa shape index (κ2) is 10.0. The highest BCUT2D eigenvalue weighted by atomic mass is 19.1. The number of hydrogen-bond acceptors (Lipinski definition) is 7. The average Bonchev–Trinajstić information content (AvgIpc) is 3.48. The second-order valence-corrected chi connectivity index (χ2v) is 10.3. The molecule has 5 rings (SSSR count).